The molecule has 1 unspecified atom stereocenters. The molecule has 1 atom stereocenters. The lowest BCUT2D eigenvalue weighted by molar-refractivity contribution is 0.0929. The molecule has 0 fully saturated rings. The van der Waals surface area contributed by atoms with E-state index in [0.29, 0.717) is 0 Å². The van der Waals surface area contributed by atoms with E-state index in [9.17, 15) is 15.0 Å². The van der Waals surface area contributed by atoms with Crippen LogP contribution in [0.3, 0.4) is 0 Å². The summed E-state index contributed by atoms with van der Waals surface area (Å²) in [6.45, 7) is 8.71. The van der Waals surface area contributed by atoms with Gasteiger partial charge in [-0.3, -0.25) is 4.79 Å². The summed E-state index contributed by atoms with van der Waals surface area (Å²) in [5.41, 5.74) is 0.254. The highest BCUT2D eigenvalue weighted by Crippen LogP contribution is 2.20. The first-order valence-electron chi connectivity index (χ1n) is 6.52. The van der Waals surface area contributed by atoms with E-state index in [1.54, 1.807) is 0 Å². The van der Waals surface area contributed by atoms with Crippen LogP contribution in [0, 0.1) is 0 Å². The first kappa shape index (κ1) is 15.3. The number of hydrogen-bond acceptors (Lipinski definition) is 4. The van der Waals surface area contributed by atoms with Gasteiger partial charge in [-0.05, 0) is 32.1 Å². The summed E-state index contributed by atoms with van der Waals surface area (Å²) in [5.74, 6) is -0.547. The van der Waals surface area contributed by atoms with Gasteiger partial charge in [0.1, 0.15) is 11.5 Å². The number of nitrogens with zero attached hydrogens (tertiary/aromatic N) is 1. The van der Waals surface area contributed by atoms with Gasteiger partial charge in [-0.25, -0.2) is 0 Å². The topological polar surface area (TPSA) is 72.8 Å². The number of aromatic hydroxyl groups is 2. The van der Waals surface area contributed by atoms with Crippen molar-refractivity contribution >= 4 is 5.91 Å². The van der Waals surface area contributed by atoms with Crippen LogP contribution in [0.4, 0.5) is 0 Å². The number of phenolic OH excluding ortho intramolecular Hbond substituents is 2. The number of nitrogens with one attached hydrogen (secondary N) is 1. The molecule has 0 radical (unpaired) electrons. The third kappa shape index (κ3) is 4.79. The second kappa shape index (κ2) is 6.99. The third-order valence-electron chi connectivity index (χ3n) is 2.97. The summed E-state index contributed by atoms with van der Waals surface area (Å²) in [6, 6.07) is 3.85. The van der Waals surface area contributed by atoms with Crippen LogP contribution in [0.1, 0.15) is 31.1 Å². The molecule has 0 aliphatic rings. The molecule has 0 aliphatic heterocycles. The fraction of sp³-hybridized carbons (Fsp3) is 0.500. The molecule has 0 aliphatic carbocycles. The molecule has 19 heavy (non-hydrogen) atoms. The average molecular weight is 266 g/mol. The standard InChI is InChI=1S/C14H22N2O3/c1-4-16(5-2)9-10(3)15-14(19)11-6-12(17)8-13(18)7-11/h6-8,10,17-18H,4-5,9H2,1-3H3,(H,15,19). The number of carbonyl (C=O) groups is 1. The molecule has 1 aromatic rings. The van der Waals surface area contributed by atoms with E-state index in [0.717, 1.165) is 19.6 Å². The third-order valence-corrected chi connectivity index (χ3v) is 2.97. The van der Waals surface area contributed by atoms with Crippen LogP contribution in [0.2, 0.25) is 0 Å². The molecule has 1 aromatic carbocycles. The Balaban J connectivity index is 2.63. The molecular formula is C14H22N2O3. The van der Waals surface area contributed by atoms with Crippen molar-refractivity contribution in [1.82, 2.24) is 10.2 Å². The maximum atomic E-state index is 12.0. The fourth-order valence-electron chi connectivity index (χ4n) is 1.95. The maximum absolute atomic E-state index is 12.0. The average Bonchev–Trinajstić information content (AvgIpc) is 2.34. The predicted octanol–water partition coefficient (Wildman–Crippen LogP) is 1.56. The van der Waals surface area contributed by atoms with Crippen molar-refractivity contribution in [2.75, 3.05) is 19.6 Å². The smallest absolute Gasteiger partial charge is 0.251 e. The van der Waals surface area contributed by atoms with Gasteiger partial charge in [0.25, 0.3) is 5.91 Å². The molecule has 5 heteroatoms. The van der Waals surface area contributed by atoms with Gasteiger partial charge in [-0.15, -0.1) is 0 Å². The van der Waals surface area contributed by atoms with Crippen LogP contribution in [0.15, 0.2) is 18.2 Å². The van der Waals surface area contributed by atoms with E-state index in [2.05, 4.69) is 24.1 Å². The zero-order valence-electron chi connectivity index (χ0n) is 11.7. The van der Waals surface area contributed by atoms with E-state index in [4.69, 9.17) is 0 Å². The Morgan fingerprint density at radius 2 is 1.74 bits per heavy atom. The molecule has 1 rings (SSSR count). The first-order chi connectivity index (χ1) is 8.96. The minimum atomic E-state index is -0.300. The largest absolute Gasteiger partial charge is 0.508 e. The molecule has 0 saturated carbocycles. The Labute approximate surface area is 113 Å². The monoisotopic (exact) mass is 266 g/mol. The maximum Gasteiger partial charge on any atom is 0.251 e. The minimum Gasteiger partial charge on any atom is -0.508 e. The second-order valence-electron chi connectivity index (χ2n) is 4.60. The number of phenols is 2. The van der Waals surface area contributed by atoms with Crippen LogP contribution in [0.5, 0.6) is 11.5 Å². The van der Waals surface area contributed by atoms with Crippen LogP contribution < -0.4 is 5.32 Å². The number of hydrogen-bond donors (Lipinski definition) is 3. The molecule has 3 N–H and O–H groups in total. The summed E-state index contributed by atoms with van der Waals surface area (Å²) in [4.78, 5) is 14.2. The Morgan fingerprint density at radius 3 is 2.21 bits per heavy atom. The number of benzene rings is 1. The minimum absolute atomic E-state index is 0.00288. The summed E-state index contributed by atoms with van der Waals surface area (Å²) < 4.78 is 0. The van der Waals surface area contributed by atoms with Gasteiger partial charge >= 0.3 is 0 Å². The Kier molecular flexibility index (Phi) is 5.63. The van der Waals surface area contributed by atoms with E-state index in [1.807, 2.05) is 6.92 Å². The lowest BCUT2D eigenvalue weighted by Crippen LogP contribution is -2.41. The van der Waals surface area contributed by atoms with Crippen LogP contribution in [-0.2, 0) is 0 Å². The molecule has 0 aromatic heterocycles. The van der Waals surface area contributed by atoms with E-state index in [-0.39, 0.29) is 29.0 Å². The molecule has 5 nitrogen and oxygen atoms in total. The lowest BCUT2D eigenvalue weighted by Gasteiger charge is -2.23. The van der Waals surface area contributed by atoms with Crippen LogP contribution in [0.25, 0.3) is 0 Å². The van der Waals surface area contributed by atoms with Crippen molar-refractivity contribution in [2.24, 2.45) is 0 Å². The quantitative estimate of drug-likeness (QED) is 0.730. The van der Waals surface area contributed by atoms with Gasteiger partial charge in [-0.1, -0.05) is 13.8 Å². The normalized spacial score (nSPS) is 12.4. The van der Waals surface area contributed by atoms with Crippen molar-refractivity contribution in [3.8, 4) is 11.5 Å². The molecule has 1 amide bonds. The van der Waals surface area contributed by atoms with Gasteiger partial charge < -0.3 is 20.4 Å². The predicted molar refractivity (Wildman–Crippen MR) is 74.5 cm³/mol. The number of likely N-dealkylation sites (N-methyl/N-ethyl adjacent to an activating group) is 1. The SMILES string of the molecule is CCN(CC)CC(C)NC(=O)c1cc(O)cc(O)c1. The molecule has 106 valence electrons. The van der Waals surface area contributed by atoms with Gasteiger partial charge in [0.2, 0.25) is 0 Å². The second-order valence-corrected chi connectivity index (χ2v) is 4.60. The van der Waals surface area contributed by atoms with Gasteiger partial charge in [0, 0.05) is 24.2 Å². The fourth-order valence-corrected chi connectivity index (χ4v) is 1.95. The van der Waals surface area contributed by atoms with E-state index in [1.165, 1.54) is 18.2 Å². The van der Waals surface area contributed by atoms with Crippen molar-refractivity contribution in [1.29, 1.82) is 0 Å². The number of carbonyl (C=O) groups excluding carboxylic acids is 1. The van der Waals surface area contributed by atoms with Gasteiger partial charge in [0.15, 0.2) is 0 Å². The van der Waals surface area contributed by atoms with Crippen molar-refractivity contribution in [3.05, 3.63) is 23.8 Å². The molecule has 0 heterocycles. The van der Waals surface area contributed by atoms with Crippen molar-refractivity contribution < 1.29 is 15.0 Å². The van der Waals surface area contributed by atoms with Gasteiger partial charge in [-0.2, -0.15) is 0 Å². The molecular weight excluding hydrogens is 244 g/mol. The lowest BCUT2D eigenvalue weighted by atomic mass is 10.1. The van der Waals surface area contributed by atoms with E-state index >= 15 is 0 Å². The molecule has 0 bridgehead atoms. The highest BCUT2D eigenvalue weighted by atomic mass is 16.3. The number of rotatable bonds is 6. The summed E-state index contributed by atoms with van der Waals surface area (Å²) >= 11 is 0. The summed E-state index contributed by atoms with van der Waals surface area (Å²) in [5, 5.41) is 21.5. The highest BCUT2D eigenvalue weighted by molar-refractivity contribution is 5.95. The first-order valence-corrected chi connectivity index (χ1v) is 6.52. The zero-order valence-corrected chi connectivity index (χ0v) is 11.7. The van der Waals surface area contributed by atoms with Crippen molar-refractivity contribution in [3.63, 3.8) is 0 Å². The molecule has 0 saturated heterocycles. The Hall–Kier alpha value is -1.75. The molecule has 0 spiro atoms. The number of amides is 1. The summed E-state index contributed by atoms with van der Waals surface area (Å²) in [7, 11) is 0. The van der Waals surface area contributed by atoms with Crippen LogP contribution >= 0.6 is 0 Å². The van der Waals surface area contributed by atoms with E-state index < -0.39 is 0 Å². The highest BCUT2D eigenvalue weighted by Gasteiger charge is 2.13. The zero-order chi connectivity index (χ0) is 14.4. The summed E-state index contributed by atoms with van der Waals surface area (Å²) in [6.07, 6.45) is 0. The van der Waals surface area contributed by atoms with Crippen molar-refractivity contribution in [2.45, 2.75) is 26.8 Å². The van der Waals surface area contributed by atoms with Crippen LogP contribution in [-0.4, -0.2) is 46.7 Å². The Bertz CT molecular complexity index is 410. The Morgan fingerprint density at radius 1 is 1.21 bits per heavy atom. The van der Waals surface area contributed by atoms with Gasteiger partial charge in [0.05, 0.1) is 0 Å².